The van der Waals surface area contributed by atoms with Crippen LogP contribution < -0.4 is 20.7 Å². The number of rotatable bonds is 9. The SMILES string of the molecule is CC(C)CCOc1ccc(C(=O)NC(=S)Nc2cccc(C(=O)NCc3ccccc3)c2)cc1. The van der Waals surface area contributed by atoms with E-state index in [2.05, 4.69) is 29.8 Å². The first-order valence-corrected chi connectivity index (χ1v) is 11.6. The monoisotopic (exact) mass is 475 g/mol. The lowest BCUT2D eigenvalue weighted by Gasteiger charge is -2.12. The standard InChI is InChI=1S/C27H29N3O3S/c1-19(2)15-16-33-24-13-11-21(12-14-24)26(32)30-27(34)29-23-10-6-9-22(17-23)25(31)28-18-20-7-4-3-5-8-20/h3-14,17,19H,15-16,18H2,1-2H3,(H,28,31)(H2,29,30,32,34). The van der Waals surface area contributed by atoms with E-state index in [-0.39, 0.29) is 16.9 Å². The van der Waals surface area contributed by atoms with Gasteiger partial charge in [0, 0.05) is 23.4 Å². The van der Waals surface area contributed by atoms with E-state index in [0.29, 0.717) is 35.9 Å². The minimum atomic E-state index is -0.331. The normalized spacial score (nSPS) is 10.4. The number of carbonyl (C=O) groups excluding carboxylic acids is 2. The second-order valence-electron chi connectivity index (χ2n) is 8.21. The van der Waals surface area contributed by atoms with Crippen molar-refractivity contribution in [3.05, 3.63) is 95.6 Å². The van der Waals surface area contributed by atoms with Crippen LogP contribution in [0.4, 0.5) is 5.69 Å². The Bertz CT molecular complexity index is 1120. The molecule has 34 heavy (non-hydrogen) atoms. The fourth-order valence-corrected chi connectivity index (χ4v) is 3.28. The van der Waals surface area contributed by atoms with Crippen LogP contribution in [-0.4, -0.2) is 23.5 Å². The van der Waals surface area contributed by atoms with Crippen molar-refractivity contribution < 1.29 is 14.3 Å². The third kappa shape index (κ3) is 8.01. The van der Waals surface area contributed by atoms with Crippen LogP contribution in [0.1, 0.15) is 46.5 Å². The van der Waals surface area contributed by atoms with E-state index in [4.69, 9.17) is 17.0 Å². The van der Waals surface area contributed by atoms with E-state index in [1.165, 1.54) is 0 Å². The minimum Gasteiger partial charge on any atom is -0.494 e. The third-order valence-electron chi connectivity index (χ3n) is 4.99. The lowest BCUT2D eigenvalue weighted by molar-refractivity contribution is 0.0948. The summed E-state index contributed by atoms with van der Waals surface area (Å²) >= 11 is 5.28. The molecular formula is C27H29N3O3S. The van der Waals surface area contributed by atoms with Gasteiger partial charge in [0.1, 0.15) is 5.75 Å². The Hall–Kier alpha value is -3.71. The number of hydrogen-bond donors (Lipinski definition) is 3. The first-order valence-electron chi connectivity index (χ1n) is 11.2. The average molecular weight is 476 g/mol. The van der Waals surface area contributed by atoms with E-state index in [9.17, 15) is 9.59 Å². The molecule has 0 radical (unpaired) electrons. The van der Waals surface area contributed by atoms with Crippen LogP contribution in [0.3, 0.4) is 0 Å². The van der Waals surface area contributed by atoms with Crippen molar-refractivity contribution in [3.63, 3.8) is 0 Å². The van der Waals surface area contributed by atoms with Crippen molar-refractivity contribution in [2.24, 2.45) is 5.92 Å². The van der Waals surface area contributed by atoms with E-state index in [0.717, 1.165) is 17.7 Å². The number of amides is 2. The molecular weight excluding hydrogens is 446 g/mol. The molecule has 0 heterocycles. The van der Waals surface area contributed by atoms with Crippen LogP contribution >= 0.6 is 12.2 Å². The summed E-state index contributed by atoms with van der Waals surface area (Å²) in [7, 11) is 0. The first kappa shape index (κ1) is 24.9. The maximum Gasteiger partial charge on any atom is 0.257 e. The molecule has 0 saturated carbocycles. The highest BCUT2D eigenvalue weighted by Crippen LogP contribution is 2.14. The second-order valence-corrected chi connectivity index (χ2v) is 8.62. The van der Waals surface area contributed by atoms with Gasteiger partial charge in [0.2, 0.25) is 0 Å². The molecule has 0 spiro atoms. The van der Waals surface area contributed by atoms with Gasteiger partial charge in [0.15, 0.2) is 5.11 Å². The van der Waals surface area contributed by atoms with Gasteiger partial charge in [-0.2, -0.15) is 0 Å². The zero-order chi connectivity index (χ0) is 24.3. The summed E-state index contributed by atoms with van der Waals surface area (Å²) in [6.07, 6.45) is 0.970. The Balaban J connectivity index is 1.50. The Morgan fingerprint density at radius 3 is 2.32 bits per heavy atom. The molecule has 176 valence electrons. The number of hydrogen-bond acceptors (Lipinski definition) is 4. The molecule has 0 aliphatic heterocycles. The Labute approximate surface area is 205 Å². The molecule has 0 unspecified atom stereocenters. The number of ether oxygens (including phenoxy) is 1. The van der Waals surface area contributed by atoms with E-state index in [1.54, 1.807) is 48.5 Å². The lowest BCUT2D eigenvalue weighted by atomic mass is 10.1. The van der Waals surface area contributed by atoms with E-state index >= 15 is 0 Å². The van der Waals surface area contributed by atoms with Crippen molar-refractivity contribution in [1.29, 1.82) is 0 Å². The largest absolute Gasteiger partial charge is 0.494 e. The zero-order valence-corrected chi connectivity index (χ0v) is 20.2. The quantitative estimate of drug-likeness (QED) is 0.372. The molecule has 0 aliphatic rings. The second kappa shape index (κ2) is 12.5. The van der Waals surface area contributed by atoms with Crippen LogP contribution in [0.5, 0.6) is 5.75 Å². The van der Waals surface area contributed by atoms with E-state index in [1.807, 2.05) is 30.3 Å². The van der Waals surface area contributed by atoms with Gasteiger partial charge < -0.3 is 15.4 Å². The predicted molar refractivity (Wildman–Crippen MR) is 139 cm³/mol. The van der Waals surface area contributed by atoms with Crippen molar-refractivity contribution in [2.45, 2.75) is 26.8 Å². The molecule has 3 aromatic carbocycles. The van der Waals surface area contributed by atoms with Crippen LogP contribution in [0.2, 0.25) is 0 Å². The fraction of sp³-hybridized carbons (Fsp3) is 0.222. The third-order valence-corrected chi connectivity index (χ3v) is 5.19. The van der Waals surface area contributed by atoms with Crippen LogP contribution in [-0.2, 0) is 6.54 Å². The summed E-state index contributed by atoms with van der Waals surface area (Å²) in [5.41, 5.74) is 2.58. The van der Waals surface area contributed by atoms with Gasteiger partial charge >= 0.3 is 0 Å². The lowest BCUT2D eigenvalue weighted by Crippen LogP contribution is -2.34. The molecule has 0 saturated heterocycles. The summed E-state index contributed by atoms with van der Waals surface area (Å²) < 4.78 is 5.68. The highest BCUT2D eigenvalue weighted by Gasteiger charge is 2.10. The van der Waals surface area contributed by atoms with Gasteiger partial charge in [0.05, 0.1) is 6.61 Å². The topological polar surface area (TPSA) is 79.5 Å². The molecule has 3 aromatic rings. The van der Waals surface area contributed by atoms with Crippen LogP contribution in [0, 0.1) is 5.92 Å². The van der Waals surface area contributed by atoms with Crippen molar-refractivity contribution in [2.75, 3.05) is 11.9 Å². The number of nitrogens with one attached hydrogen (secondary N) is 3. The number of carbonyl (C=O) groups is 2. The molecule has 7 heteroatoms. The minimum absolute atomic E-state index is 0.143. The molecule has 0 aliphatic carbocycles. The van der Waals surface area contributed by atoms with E-state index < -0.39 is 0 Å². The van der Waals surface area contributed by atoms with Crippen LogP contribution in [0.15, 0.2) is 78.9 Å². The summed E-state index contributed by atoms with van der Waals surface area (Å²) in [6.45, 7) is 5.36. The number of thiocarbonyl (C=S) groups is 1. The van der Waals surface area contributed by atoms with Gasteiger partial charge in [-0.1, -0.05) is 50.2 Å². The molecule has 0 fully saturated rings. The predicted octanol–water partition coefficient (Wildman–Crippen LogP) is 5.17. The summed E-state index contributed by atoms with van der Waals surface area (Å²) in [6, 6.07) is 23.5. The molecule has 3 rings (SSSR count). The van der Waals surface area contributed by atoms with Gasteiger partial charge in [-0.25, -0.2) is 0 Å². The Morgan fingerprint density at radius 1 is 0.882 bits per heavy atom. The van der Waals surface area contributed by atoms with Crippen molar-refractivity contribution >= 4 is 34.8 Å². The Kier molecular flexibility index (Phi) is 9.17. The van der Waals surface area contributed by atoms with Gasteiger partial charge in [-0.05, 0) is 72.6 Å². The number of benzene rings is 3. The zero-order valence-electron chi connectivity index (χ0n) is 19.3. The Morgan fingerprint density at radius 2 is 1.62 bits per heavy atom. The van der Waals surface area contributed by atoms with Crippen molar-refractivity contribution in [3.8, 4) is 5.75 Å². The summed E-state index contributed by atoms with van der Waals surface area (Å²) in [4.78, 5) is 25.0. The van der Waals surface area contributed by atoms with Gasteiger partial charge in [0.25, 0.3) is 11.8 Å². The maximum absolute atomic E-state index is 12.5. The summed E-state index contributed by atoms with van der Waals surface area (Å²) in [5.74, 6) is 0.768. The summed E-state index contributed by atoms with van der Waals surface area (Å²) in [5, 5.41) is 8.65. The maximum atomic E-state index is 12.5. The molecule has 2 amide bonds. The molecule has 0 aromatic heterocycles. The average Bonchev–Trinajstić information content (AvgIpc) is 2.83. The van der Waals surface area contributed by atoms with Crippen molar-refractivity contribution in [1.82, 2.24) is 10.6 Å². The molecule has 0 atom stereocenters. The van der Waals surface area contributed by atoms with Gasteiger partial charge in [-0.3, -0.25) is 14.9 Å². The molecule has 0 bridgehead atoms. The highest BCUT2D eigenvalue weighted by molar-refractivity contribution is 7.80. The smallest absolute Gasteiger partial charge is 0.257 e. The highest BCUT2D eigenvalue weighted by atomic mass is 32.1. The van der Waals surface area contributed by atoms with Crippen LogP contribution in [0.25, 0.3) is 0 Å². The van der Waals surface area contributed by atoms with Gasteiger partial charge in [-0.15, -0.1) is 0 Å². The number of anilines is 1. The fourth-order valence-electron chi connectivity index (χ4n) is 3.07. The molecule has 6 nitrogen and oxygen atoms in total. The molecule has 3 N–H and O–H groups in total. The first-order chi connectivity index (χ1) is 16.4.